The molecular weight excluding hydrogens is 410 g/mol. The summed E-state index contributed by atoms with van der Waals surface area (Å²) in [4.78, 5) is 27.1. The highest BCUT2D eigenvalue weighted by molar-refractivity contribution is 6.00. The molecule has 0 unspecified atom stereocenters. The molecule has 0 saturated carbocycles. The lowest BCUT2D eigenvalue weighted by molar-refractivity contribution is -0.383. The number of ether oxygens (including phenoxy) is 1. The van der Waals surface area contributed by atoms with E-state index in [1.165, 1.54) is 6.07 Å². The number of hydrogen-bond acceptors (Lipinski definition) is 6. The average molecular weight is 429 g/mol. The molecule has 8 nitrogen and oxygen atoms in total. The lowest BCUT2D eigenvalue weighted by Gasteiger charge is -2.16. The Balaban J connectivity index is 1.90. The van der Waals surface area contributed by atoms with Gasteiger partial charge in [0, 0.05) is 23.0 Å². The Morgan fingerprint density at radius 2 is 1.72 bits per heavy atom. The first kappa shape index (κ1) is 20.8. The van der Waals surface area contributed by atoms with Gasteiger partial charge < -0.3 is 15.2 Å². The second-order valence-electron chi connectivity index (χ2n) is 7.13. The van der Waals surface area contributed by atoms with Crippen molar-refractivity contribution in [3.05, 3.63) is 99.7 Å². The number of carboxylic acids is 1. The summed E-state index contributed by atoms with van der Waals surface area (Å²) < 4.78 is 6.01. The van der Waals surface area contributed by atoms with E-state index in [0.717, 1.165) is 11.3 Å². The Hall–Kier alpha value is -4.46. The number of anilines is 2. The zero-order valence-electron chi connectivity index (χ0n) is 17.1. The van der Waals surface area contributed by atoms with Crippen LogP contribution in [0.3, 0.4) is 0 Å². The van der Waals surface area contributed by atoms with Crippen LogP contribution < -0.4 is 10.1 Å². The fourth-order valence-corrected chi connectivity index (χ4v) is 3.44. The summed E-state index contributed by atoms with van der Waals surface area (Å²) in [6.07, 6.45) is 0. The SMILES string of the molecule is Cc1c(C(=O)O)nc2c([N+](=O)[O-])cc(Nc3ccccc3)cc2c1OCc1ccccc1. The summed E-state index contributed by atoms with van der Waals surface area (Å²) in [5.41, 5.74) is 1.75. The van der Waals surface area contributed by atoms with Crippen LogP contribution in [0.1, 0.15) is 21.6 Å². The maximum atomic E-state index is 11.8. The number of nitro groups is 1. The minimum Gasteiger partial charge on any atom is -0.488 e. The molecule has 0 spiro atoms. The van der Waals surface area contributed by atoms with Gasteiger partial charge in [-0.25, -0.2) is 9.78 Å². The second-order valence-corrected chi connectivity index (χ2v) is 7.13. The van der Waals surface area contributed by atoms with E-state index in [1.807, 2.05) is 60.7 Å². The monoisotopic (exact) mass is 429 g/mol. The minimum atomic E-state index is -1.28. The van der Waals surface area contributed by atoms with Crippen molar-refractivity contribution >= 4 is 33.9 Å². The summed E-state index contributed by atoms with van der Waals surface area (Å²) >= 11 is 0. The molecule has 2 N–H and O–H groups in total. The largest absolute Gasteiger partial charge is 0.488 e. The van der Waals surface area contributed by atoms with E-state index in [0.29, 0.717) is 16.6 Å². The highest BCUT2D eigenvalue weighted by Gasteiger charge is 2.24. The first-order chi connectivity index (χ1) is 15.4. The van der Waals surface area contributed by atoms with E-state index in [2.05, 4.69) is 10.3 Å². The van der Waals surface area contributed by atoms with E-state index in [-0.39, 0.29) is 29.3 Å². The van der Waals surface area contributed by atoms with Crippen LogP contribution in [0.15, 0.2) is 72.8 Å². The average Bonchev–Trinajstić information content (AvgIpc) is 2.79. The van der Waals surface area contributed by atoms with Gasteiger partial charge in [-0.05, 0) is 30.7 Å². The van der Waals surface area contributed by atoms with Gasteiger partial charge in [0.05, 0.1) is 10.3 Å². The predicted octanol–water partition coefficient (Wildman–Crippen LogP) is 5.47. The van der Waals surface area contributed by atoms with Crippen molar-refractivity contribution < 1.29 is 19.6 Å². The Bertz CT molecular complexity index is 1310. The Kier molecular flexibility index (Phi) is 5.67. The van der Waals surface area contributed by atoms with Crippen molar-refractivity contribution in [2.75, 3.05) is 5.32 Å². The van der Waals surface area contributed by atoms with Crippen molar-refractivity contribution in [2.45, 2.75) is 13.5 Å². The molecule has 1 aromatic heterocycles. The molecule has 0 aliphatic heterocycles. The molecule has 0 bridgehead atoms. The smallest absolute Gasteiger partial charge is 0.354 e. The van der Waals surface area contributed by atoms with E-state index in [4.69, 9.17) is 4.74 Å². The fraction of sp³-hybridized carbons (Fsp3) is 0.0833. The normalized spacial score (nSPS) is 10.7. The van der Waals surface area contributed by atoms with Crippen molar-refractivity contribution in [3.63, 3.8) is 0 Å². The molecule has 8 heteroatoms. The van der Waals surface area contributed by atoms with Gasteiger partial charge in [0.1, 0.15) is 12.4 Å². The van der Waals surface area contributed by atoms with E-state index < -0.39 is 10.9 Å². The van der Waals surface area contributed by atoms with Crippen LogP contribution in [0.5, 0.6) is 5.75 Å². The van der Waals surface area contributed by atoms with Crippen molar-refractivity contribution in [2.24, 2.45) is 0 Å². The zero-order chi connectivity index (χ0) is 22.7. The number of fused-ring (bicyclic) bond motifs is 1. The zero-order valence-corrected chi connectivity index (χ0v) is 17.1. The third-order valence-electron chi connectivity index (χ3n) is 4.94. The van der Waals surface area contributed by atoms with Gasteiger partial charge in [0.15, 0.2) is 11.2 Å². The molecule has 4 aromatic rings. The molecule has 0 amide bonds. The van der Waals surface area contributed by atoms with Crippen LogP contribution in [0.2, 0.25) is 0 Å². The first-order valence-corrected chi connectivity index (χ1v) is 9.79. The number of para-hydroxylation sites is 1. The summed E-state index contributed by atoms with van der Waals surface area (Å²) in [7, 11) is 0. The van der Waals surface area contributed by atoms with E-state index >= 15 is 0 Å². The van der Waals surface area contributed by atoms with Gasteiger partial charge in [-0.15, -0.1) is 0 Å². The molecule has 4 rings (SSSR count). The predicted molar refractivity (Wildman–Crippen MR) is 121 cm³/mol. The molecule has 0 aliphatic carbocycles. The lowest BCUT2D eigenvalue weighted by atomic mass is 10.1. The lowest BCUT2D eigenvalue weighted by Crippen LogP contribution is -2.09. The third-order valence-corrected chi connectivity index (χ3v) is 4.94. The molecular formula is C24H19N3O5. The number of nitrogens with one attached hydrogen (secondary N) is 1. The van der Waals surface area contributed by atoms with Gasteiger partial charge in [0.25, 0.3) is 5.69 Å². The topological polar surface area (TPSA) is 115 Å². The van der Waals surface area contributed by atoms with Gasteiger partial charge >= 0.3 is 5.97 Å². The maximum Gasteiger partial charge on any atom is 0.354 e. The number of nitrogens with zero attached hydrogens (tertiary/aromatic N) is 2. The van der Waals surface area contributed by atoms with Crippen LogP contribution in [-0.2, 0) is 6.61 Å². The van der Waals surface area contributed by atoms with Gasteiger partial charge in [-0.3, -0.25) is 10.1 Å². The van der Waals surface area contributed by atoms with Crippen LogP contribution in [0.4, 0.5) is 17.1 Å². The number of nitro benzene ring substituents is 1. The highest BCUT2D eigenvalue weighted by Crippen LogP contribution is 2.38. The number of carbonyl (C=O) groups is 1. The molecule has 32 heavy (non-hydrogen) atoms. The Labute approximate surface area is 183 Å². The van der Waals surface area contributed by atoms with Crippen LogP contribution in [-0.4, -0.2) is 21.0 Å². The van der Waals surface area contributed by atoms with E-state index in [1.54, 1.807) is 13.0 Å². The number of hydrogen-bond donors (Lipinski definition) is 2. The second kappa shape index (κ2) is 8.73. The molecule has 0 radical (unpaired) electrons. The number of benzene rings is 3. The summed E-state index contributed by atoms with van der Waals surface area (Å²) in [5, 5.41) is 24.9. The number of rotatable bonds is 7. The van der Waals surface area contributed by atoms with Crippen LogP contribution >= 0.6 is 0 Å². The Morgan fingerprint density at radius 3 is 2.34 bits per heavy atom. The number of carboxylic acid groups (broad SMARTS) is 1. The highest BCUT2D eigenvalue weighted by atomic mass is 16.6. The molecule has 3 aromatic carbocycles. The number of aromatic carboxylic acids is 1. The van der Waals surface area contributed by atoms with Gasteiger partial charge in [-0.1, -0.05) is 48.5 Å². The Morgan fingerprint density at radius 1 is 1.06 bits per heavy atom. The first-order valence-electron chi connectivity index (χ1n) is 9.79. The van der Waals surface area contributed by atoms with Gasteiger partial charge in [-0.2, -0.15) is 0 Å². The van der Waals surface area contributed by atoms with E-state index in [9.17, 15) is 20.0 Å². The maximum absolute atomic E-state index is 11.8. The molecule has 0 atom stereocenters. The third kappa shape index (κ3) is 4.20. The van der Waals surface area contributed by atoms with Crippen LogP contribution in [0.25, 0.3) is 10.9 Å². The summed E-state index contributed by atoms with van der Waals surface area (Å²) in [6, 6.07) is 21.6. The number of aromatic nitrogens is 1. The molecule has 160 valence electrons. The number of pyridine rings is 1. The standard InChI is InChI=1S/C24H19N3O5/c1-15-21(24(28)29)26-22-19(23(15)32-14-16-8-4-2-5-9-16)12-18(13-20(22)27(30)31)25-17-10-6-3-7-11-17/h2-13,25H,14H2,1H3,(H,28,29). The molecule has 0 fully saturated rings. The summed E-state index contributed by atoms with van der Waals surface area (Å²) in [6.45, 7) is 1.75. The van der Waals surface area contributed by atoms with Crippen molar-refractivity contribution in [1.29, 1.82) is 0 Å². The fourth-order valence-electron chi connectivity index (χ4n) is 3.44. The molecule has 1 heterocycles. The van der Waals surface area contributed by atoms with Crippen LogP contribution in [0, 0.1) is 17.0 Å². The summed E-state index contributed by atoms with van der Waals surface area (Å²) in [5.74, 6) is -1.04. The van der Waals surface area contributed by atoms with Crippen molar-refractivity contribution in [1.82, 2.24) is 4.98 Å². The number of non-ortho nitro benzene ring substituents is 1. The quantitative estimate of drug-likeness (QED) is 0.296. The molecule has 0 saturated heterocycles. The minimum absolute atomic E-state index is 0.0420. The van der Waals surface area contributed by atoms with Gasteiger partial charge in [0.2, 0.25) is 0 Å². The van der Waals surface area contributed by atoms with Crippen molar-refractivity contribution in [3.8, 4) is 5.75 Å². The molecule has 0 aliphatic rings.